The highest BCUT2D eigenvalue weighted by Crippen LogP contribution is 2.19. The minimum atomic E-state index is -1.20. The highest BCUT2D eigenvalue weighted by Gasteiger charge is 2.05. The molecule has 0 aromatic heterocycles. The van der Waals surface area contributed by atoms with Crippen molar-refractivity contribution in [2.24, 2.45) is 17.8 Å². The third-order valence-electron chi connectivity index (χ3n) is 3.00. The van der Waals surface area contributed by atoms with Gasteiger partial charge >= 0.3 is 0 Å². The molecule has 0 saturated carbocycles. The van der Waals surface area contributed by atoms with Crippen LogP contribution in [0.4, 0.5) is 0 Å². The molecule has 0 saturated heterocycles. The fourth-order valence-corrected chi connectivity index (χ4v) is 2.07. The summed E-state index contributed by atoms with van der Waals surface area (Å²) in [6.07, 6.45) is 7.37. The second-order valence-corrected chi connectivity index (χ2v) is 5.83. The van der Waals surface area contributed by atoms with Gasteiger partial charge in [-0.25, -0.2) is 0 Å². The van der Waals surface area contributed by atoms with Crippen molar-refractivity contribution in [1.82, 2.24) is 0 Å². The van der Waals surface area contributed by atoms with Crippen molar-refractivity contribution in [3.05, 3.63) is 0 Å². The Morgan fingerprint density at radius 3 is 1.80 bits per heavy atom. The van der Waals surface area contributed by atoms with Gasteiger partial charge in [0.2, 0.25) is 0 Å². The van der Waals surface area contributed by atoms with Crippen LogP contribution in [0.2, 0.25) is 0 Å². The van der Waals surface area contributed by atoms with Crippen molar-refractivity contribution in [3.63, 3.8) is 0 Å². The third-order valence-corrected chi connectivity index (χ3v) is 3.78. The Balaban J connectivity index is 3.54. The van der Waals surface area contributed by atoms with E-state index in [1.165, 1.54) is 25.7 Å². The van der Waals surface area contributed by atoms with E-state index >= 15 is 0 Å². The summed E-state index contributed by atoms with van der Waals surface area (Å²) in [6, 6.07) is 0. The monoisotopic (exact) mass is 278 g/mol. The molecule has 0 spiro atoms. The zero-order chi connectivity index (χ0) is 13.5. The van der Waals surface area contributed by atoms with E-state index in [4.69, 9.17) is 2.74 Å². The lowest BCUT2D eigenvalue weighted by molar-refractivity contribution is 0.409. The Labute approximate surface area is 108 Å². The Morgan fingerprint density at radius 2 is 1.33 bits per heavy atom. The van der Waals surface area contributed by atoms with Crippen LogP contribution >= 0.6 is 15.9 Å². The molecule has 15 heavy (non-hydrogen) atoms. The first kappa shape index (κ1) is 12.0. The minimum absolute atomic E-state index is 0.102. The first-order valence-electron chi connectivity index (χ1n) is 7.42. The van der Waals surface area contributed by atoms with Gasteiger partial charge in [-0.2, -0.15) is 0 Å². The van der Waals surface area contributed by atoms with Crippen LogP contribution in [0.5, 0.6) is 0 Å². The number of halogens is 1. The average Bonchev–Trinajstić information content (AvgIpc) is 2.15. The molecule has 0 rings (SSSR count). The lowest BCUT2D eigenvalue weighted by atomic mass is 9.94. The quantitative estimate of drug-likeness (QED) is 0.478. The molecule has 0 aliphatic heterocycles. The summed E-state index contributed by atoms with van der Waals surface area (Å²) >= 11 is 3.10. The Bertz CT molecular complexity index is 187. The number of hydrogen-bond donors (Lipinski definition) is 0. The molecule has 0 aliphatic rings. The lowest BCUT2D eigenvalue weighted by Gasteiger charge is -2.13. The summed E-state index contributed by atoms with van der Waals surface area (Å²) in [5.41, 5.74) is 0. The first-order chi connectivity index (χ1) is 7.73. The lowest BCUT2D eigenvalue weighted by Crippen LogP contribution is -2.00. The van der Waals surface area contributed by atoms with E-state index in [1.807, 2.05) is 6.92 Å². The van der Waals surface area contributed by atoms with Gasteiger partial charge in [-0.3, -0.25) is 0 Å². The smallest absolute Gasteiger partial charge is 0.0389 e. The van der Waals surface area contributed by atoms with E-state index in [-0.39, 0.29) is 5.92 Å². The molecule has 0 heterocycles. The van der Waals surface area contributed by atoms with Crippen LogP contribution in [-0.2, 0) is 0 Å². The predicted octanol–water partition coefficient (Wildman–Crippen LogP) is 5.65. The zero-order valence-electron chi connectivity index (χ0n) is 12.9. The van der Waals surface area contributed by atoms with Crippen LogP contribution < -0.4 is 0 Å². The van der Waals surface area contributed by atoms with Crippen molar-refractivity contribution >= 4 is 15.9 Å². The average molecular weight is 279 g/mol. The van der Waals surface area contributed by atoms with Crippen LogP contribution in [0.1, 0.15) is 69.0 Å². The molecule has 0 nitrogen and oxygen atoms in total. The van der Waals surface area contributed by atoms with Crippen molar-refractivity contribution in [1.29, 1.82) is 0 Å². The van der Waals surface area contributed by atoms with Crippen LogP contribution in [0, 0.1) is 17.8 Å². The summed E-state index contributed by atoms with van der Waals surface area (Å²) < 4.78 is 15.1. The minimum Gasteiger partial charge on any atom is -0.0925 e. The second kappa shape index (κ2) is 9.69. The molecule has 0 fully saturated rings. The van der Waals surface area contributed by atoms with Crippen LogP contribution in [0.15, 0.2) is 0 Å². The molecular formula is C14H29Br. The zero-order valence-corrected chi connectivity index (χ0v) is 12.4. The standard InChI is InChI=1S/C14H29Br/c1-12(2)7-5-8-13(3)9-6-10-14(4)11-15/h12-14H,5-11H2,1-4H3/i11D2. The molecule has 0 amide bonds. The van der Waals surface area contributed by atoms with Gasteiger partial charge < -0.3 is 0 Å². The predicted molar refractivity (Wildman–Crippen MR) is 74.7 cm³/mol. The summed E-state index contributed by atoms with van der Waals surface area (Å²) in [4.78, 5) is 0. The van der Waals surface area contributed by atoms with E-state index in [0.29, 0.717) is 0 Å². The molecule has 2 unspecified atom stereocenters. The largest absolute Gasteiger partial charge is 0.0925 e. The highest BCUT2D eigenvalue weighted by molar-refractivity contribution is 9.09. The van der Waals surface area contributed by atoms with E-state index < -0.39 is 5.28 Å². The summed E-state index contributed by atoms with van der Waals surface area (Å²) in [7, 11) is 0. The third kappa shape index (κ3) is 10.8. The van der Waals surface area contributed by atoms with Crippen molar-refractivity contribution in [2.75, 3.05) is 5.28 Å². The maximum absolute atomic E-state index is 7.56. The van der Waals surface area contributed by atoms with Gasteiger partial charge in [-0.1, -0.05) is 75.7 Å². The van der Waals surface area contributed by atoms with Gasteiger partial charge in [-0.15, -0.1) is 0 Å². The van der Waals surface area contributed by atoms with Crippen molar-refractivity contribution < 1.29 is 2.74 Å². The maximum Gasteiger partial charge on any atom is 0.0389 e. The van der Waals surface area contributed by atoms with Crippen molar-refractivity contribution in [2.45, 2.75) is 66.2 Å². The normalized spacial score (nSPS) is 18.5. The van der Waals surface area contributed by atoms with Gasteiger partial charge in [0, 0.05) is 8.02 Å². The Morgan fingerprint density at radius 1 is 0.867 bits per heavy atom. The fraction of sp³-hybridized carbons (Fsp3) is 1.00. The molecule has 0 aromatic carbocycles. The molecule has 0 bridgehead atoms. The van der Waals surface area contributed by atoms with Crippen LogP contribution in [0.25, 0.3) is 0 Å². The van der Waals surface area contributed by atoms with Crippen molar-refractivity contribution in [3.8, 4) is 0 Å². The van der Waals surface area contributed by atoms with E-state index in [1.54, 1.807) is 0 Å². The summed E-state index contributed by atoms with van der Waals surface area (Å²) in [6.45, 7) is 8.88. The molecule has 0 aromatic rings. The van der Waals surface area contributed by atoms with E-state index in [2.05, 4.69) is 36.7 Å². The summed E-state index contributed by atoms with van der Waals surface area (Å²) in [5.74, 6) is 1.72. The van der Waals surface area contributed by atoms with Crippen LogP contribution in [-0.4, -0.2) is 5.28 Å². The van der Waals surface area contributed by atoms with Gasteiger partial charge in [0.25, 0.3) is 0 Å². The van der Waals surface area contributed by atoms with E-state index in [9.17, 15) is 0 Å². The number of rotatable bonds is 9. The Kier molecular flexibility index (Phi) is 7.72. The van der Waals surface area contributed by atoms with Gasteiger partial charge in [0.1, 0.15) is 0 Å². The second-order valence-electron chi connectivity index (χ2n) is 5.37. The molecule has 0 radical (unpaired) electrons. The van der Waals surface area contributed by atoms with Gasteiger partial charge in [-0.05, 0) is 24.2 Å². The molecule has 92 valence electrons. The molecule has 0 N–H and O–H groups in total. The SMILES string of the molecule is [2H]C([2H])(Br)C(C)CCCC(C)CCCC(C)C. The molecular weight excluding hydrogens is 248 g/mol. The molecule has 1 heteroatoms. The summed E-state index contributed by atoms with van der Waals surface area (Å²) in [5, 5.41) is -1.20. The topological polar surface area (TPSA) is 0 Å². The first-order valence-corrected chi connectivity index (χ1v) is 7.21. The molecule has 0 aliphatic carbocycles. The van der Waals surface area contributed by atoms with Gasteiger partial charge in [0.15, 0.2) is 0 Å². The van der Waals surface area contributed by atoms with Crippen LogP contribution in [0.3, 0.4) is 0 Å². The fourth-order valence-electron chi connectivity index (χ4n) is 1.85. The van der Waals surface area contributed by atoms with Gasteiger partial charge in [0.05, 0.1) is 0 Å². The number of hydrogen-bond acceptors (Lipinski definition) is 0. The maximum atomic E-state index is 7.56. The molecule has 2 atom stereocenters. The highest BCUT2D eigenvalue weighted by atomic mass is 79.9. The number of alkyl halides is 1. The van der Waals surface area contributed by atoms with E-state index in [0.717, 1.165) is 24.7 Å². The Hall–Kier alpha value is 0.480.